The van der Waals surface area contributed by atoms with Crippen LogP contribution < -0.4 is 26.6 Å². The third-order valence-electron chi connectivity index (χ3n) is 9.25. The van der Waals surface area contributed by atoms with Gasteiger partial charge in [0.25, 0.3) is 0 Å². The van der Waals surface area contributed by atoms with Crippen molar-refractivity contribution in [2.45, 2.75) is 131 Å². The Labute approximate surface area is 420 Å². The summed E-state index contributed by atoms with van der Waals surface area (Å²) in [5, 5.41) is 13.7. The molecule has 1 aromatic rings. The molecule has 0 saturated heterocycles. The molecule has 0 aliphatic carbocycles. The topological polar surface area (TPSA) is 229 Å². The van der Waals surface area contributed by atoms with E-state index < -0.39 is 17.7 Å². The number of alkyl carbamates (subject to hydrolysis) is 1. The fourth-order valence-corrected chi connectivity index (χ4v) is 5.76. The minimum atomic E-state index is -0.720. The second kappa shape index (κ2) is 52.9. The van der Waals surface area contributed by atoms with Gasteiger partial charge in [-0.3, -0.25) is 14.4 Å². The second-order valence-corrected chi connectivity index (χ2v) is 16.3. The molecule has 0 aromatic heterocycles. The van der Waals surface area contributed by atoms with Gasteiger partial charge in [-0.25, -0.2) is 4.79 Å². The van der Waals surface area contributed by atoms with Crippen LogP contribution in [0.2, 0.25) is 0 Å². The first-order chi connectivity index (χ1) is 34.0. The molecule has 5 amide bonds. The van der Waals surface area contributed by atoms with Crippen molar-refractivity contribution in [1.29, 1.82) is 0 Å². The summed E-state index contributed by atoms with van der Waals surface area (Å²) < 4.78 is 49.1. The van der Waals surface area contributed by atoms with Gasteiger partial charge < -0.3 is 74.0 Å². The van der Waals surface area contributed by atoms with Crippen LogP contribution in [0.3, 0.4) is 0 Å². The van der Waals surface area contributed by atoms with Crippen LogP contribution in [0.4, 0.5) is 4.79 Å². The standard InChI is InChI=1S/C47H82N5O14.2C2H6.Fm/c1-40-14-16-41(17-15-40)11-10-13-43(54)48-19-7-5-8-20-49-44(55)18-23-58-25-27-60-29-31-62-33-35-64-37-38-65-36-34-63-32-30-61-28-26-59-24-22-50-45(56)42(52-39-53)12-6-9-21-51-46(57)66-47(2,3)4;2*1-2;/h14-17,42H,5-13,18-38H2,1-4H3,(H,48,54)(H,49,55)(H,50,56)(H,51,57)(H,52,53);2*1-2H3;/q-1;;;. The molecular formula is C51H94FmN5O14-. The molecule has 0 aliphatic rings. The van der Waals surface area contributed by atoms with Crippen LogP contribution in [-0.4, -0.2) is 174 Å². The fourth-order valence-electron chi connectivity index (χ4n) is 5.76. The number of unbranched alkanes of at least 4 members (excludes halogenated alkanes) is 3. The number of rotatable bonds is 45. The Bertz CT molecular complexity index is 1380. The van der Waals surface area contributed by atoms with E-state index in [2.05, 4.69) is 57.8 Å². The van der Waals surface area contributed by atoms with Crippen LogP contribution in [0.1, 0.15) is 117 Å². The van der Waals surface area contributed by atoms with Gasteiger partial charge in [-0.05, 0) is 84.6 Å². The van der Waals surface area contributed by atoms with Crippen LogP contribution in [0.5, 0.6) is 0 Å². The minimum absolute atomic E-state index is 0. The van der Waals surface area contributed by atoms with E-state index in [0.717, 1.165) is 32.1 Å². The number of amides is 5. The summed E-state index contributed by atoms with van der Waals surface area (Å²) in [6.45, 7) is 24.0. The number of benzene rings is 1. The molecule has 0 bridgehead atoms. The predicted octanol–water partition coefficient (Wildman–Crippen LogP) is 5.13. The summed E-state index contributed by atoms with van der Waals surface area (Å²) in [4.78, 5) is 59.0. The maximum atomic E-state index is 12.4. The van der Waals surface area contributed by atoms with Gasteiger partial charge in [0, 0.05) is 39.0 Å². The third kappa shape index (κ3) is 51.2. The van der Waals surface area contributed by atoms with Gasteiger partial charge in [0.15, 0.2) is 0 Å². The number of nitrogens with one attached hydrogen (secondary N) is 5. The summed E-state index contributed by atoms with van der Waals surface area (Å²) in [6.07, 6.45) is 7.99. The van der Waals surface area contributed by atoms with Crippen molar-refractivity contribution in [3.8, 4) is 0 Å². The first kappa shape index (κ1) is 70.3. The molecule has 0 aliphatic heterocycles. The van der Waals surface area contributed by atoms with E-state index >= 15 is 0 Å². The van der Waals surface area contributed by atoms with Crippen LogP contribution in [-0.2, 0) is 68.2 Å². The fraction of sp³-hybridized carbons (Fsp3) is 0.784. The summed E-state index contributed by atoms with van der Waals surface area (Å²) in [5.41, 5.74) is 1.93. The maximum absolute atomic E-state index is 12.4. The van der Waals surface area contributed by atoms with Crippen molar-refractivity contribution in [2.24, 2.45) is 0 Å². The summed E-state index contributed by atoms with van der Waals surface area (Å²) >= 11 is 0. The molecule has 0 fully saturated rings. The van der Waals surface area contributed by atoms with Gasteiger partial charge >= 0.3 is 6.09 Å². The quantitative estimate of drug-likeness (QED) is 0.0324. The number of hydrogen-bond acceptors (Lipinski definition) is 14. The molecule has 19 nitrogen and oxygen atoms in total. The summed E-state index contributed by atoms with van der Waals surface area (Å²) in [7, 11) is 0. The monoisotopic (exact) mass is 1260 g/mol. The van der Waals surface area contributed by atoms with Crippen LogP contribution in [0.25, 0.3) is 0 Å². The zero-order chi connectivity index (χ0) is 52.2. The zero-order valence-corrected chi connectivity index (χ0v) is 47.0. The van der Waals surface area contributed by atoms with E-state index in [4.69, 9.17) is 42.6 Å². The molecule has 20 heteroatoms. The van der Waals surface area contributed by atoms with Crippen molar-refractivity contribution in [3.05, 3.63) is 35.4 Å². The van der Waals surface area contributed by atoms with Crippen molar-refractivity contribution in [2.75, 3.05) is 132 Å². The molecule has 71 heavy (non-hydrogen) atoms. The largest absolute Gasteiger partial charge is 0.520 e. The Morgan fingerprint density at radius 3 is 1.37 bits per heavy atom. The average Bonchev–Trinajstić information content (AvgIpc) is 3.34. The second-order valence-electron chi connectivity index (χ2n) is 16.3. The van der Waals surface area contributed by atoms with Crippen LogP contribution in [0, 0.1) is 6.92 Å². The van der Waals surface area contributed by atoms with E-state index in [-0.39, 0.29) is 24.3 Å². The molecular weight excluding hydrogens is 1160 g/mol. The van der Waals surface area contributed by atoms with E-state index in [0.29, 0.717) is 157 Å². The molecule has 1 atom stereocenters. The smallest absolute Gasteiger partial charge is 0.407 e. The molecule has 0 radical (unpaired) electrons. The summed E-state index contributed by atoms with van der Waals surface area (Å²) in [6, 6.07) is 7.71. The predicted molar refractivity (Wildman–Crippen MR) is 272 cm³/mol. The summed E-state index contributed by atoms with van der Waals surface area (Å²) in [5.74, 6) is -0.270. The van der Waals surface area contributed by atoms with Crippen molar-refractivity contribution in [3.63, 3.8) is 0 Å². The Kier molecular flexibility index (Phi) is 52.3. The van der Waals surface area contributed by atoms with Crippen LogP contribution >= 0.6 is 0 Å². The van der Waals surface area contributed by atoms with Gasteiger partial charge in [-0.2, -0.15) is 6.41 Å². The molecule has 0 saturated carbocycles. The SMILES string of the molecule is CC.CC.Cc1ccc(CCCC(=O)NCCCCCNC(=O)CCOCCOCCOCCOCCOCCOCCOCCOCCNC(=O)C(CCCCNC(=O)OC(C)(C)C)N[C-]=O)cc1.[Fm]. The van der Waals surface area contributed by atoms with Crippen molar-refractivity contribution < 1.29 is 66.6 Å². The third-order valence-corrected chi connectivity index (χ3v) is 9.25. The van der Waals surface area contributed by atoms with Crippen molar-refractivity contribution in [1.82, 2.24) is 26.6 Å². The van der Waals surface area contributed by atoms with Crippen molar-refractivity contribution >= 4 is 30.2 Å². The Morgan fingerprint density at radius 1 is 0.507 bits per heavy atom. The van der Waals surface area contributed by atoms with Gasteiger partial charge in [0.2, 0.25) is 17.7 Å². The van der Waals surface area contributed by atoms with E-state index in [9.17, 15) is 24.0 Å². The number of carbonyl (C=O) groups excluding carboxylic acids is 5. The van der Waals surface area contributed by atoms with E-state index in [1.54, 1.807) is 27.2 Å². The first-order valence-electron chi connectivity index (χ1n) is 25.6. The maximum Gasteiger partial charge on any atom is 0.407 e. The van der Waals surface area contributed by atoms with E-state index in [1.165, 1.54) is 11.1 Å². The zero-order valence-electron chi connectivity index (χ0n) is 44.6. The molecule has 1 aromatic carbocycles. The average molecular weight is 1260 g/mol. The molecule has 0 heterocycles. The molecule has 420 valence electrons. The molecule has 5 N–H and O–H groups in total. The number of aryl methyl sites for hydroxylation is 2. The normalized spacial score (nSPS) is 11.1. The van der Waals surface area contributed by atoms with Gasteiger partial charge in [0.1, 0.15) is 5.60 Å². The van der Waals surface area contributed by atoms with Gasteiger partial charge in [-0.15, -0.1) is 0 Å². The molecule has 0 spiro atoms. The Hall–Kier alpha value is -4.95. The Balaban J connectivity index is -0.00000900. The van der Waals surface area contributed by atoms with Gasteiger partial charge in [-0.1, -0.05) is 57.5 Å². The van der Waals surface area contributed by atoms with Crippen LogP contribution in [0.15, 0.2) is 24.3 Å². The van der Waals surface area contributed by atoms with E-state index in [1.807, 2.05) is 27.7 Å². The molecule has 1 unspecified atom stereocenters. The first-order valence-corrected chi connectivity index (χ1v) is 25.6. The number of carbonyl (C=O) groups is 4. The number of ether oxygens (including phenoxy) is 9. The minimum Gasteiger partial charge on any atom is -0.520 e. The number of hydrogen-bond donors (Lipinski definition) is 5. The van der Waals surface area contributed by atoms with Gasteiger partial charge in [0.05, 0.1) is 112 Å². The molecule has 1 rings (SSSR count). The Morgan fingerprint density at radius 2 is 0.915 bits per heavy atom.